The second kappa shape index (κ2) is 9.22. The quantitative estimate of drug-likeness (QED) is 0.544. The number of thioether (sulfide) groups is 1. The van der Waals surface area contributed by atoms with Crippen LogP contribution in [0.1, 0.15) is 39.2 Å². The molecule has 10 heteroatoms. The highest BCUT2D eigenvalue weighted by Gasteiger charge is 2.33. The first-order valence-corrected chi connectivity index (χ1v) is 9.48. The summed E-state index contributed by atoms with van der Waals surface area (Å²) < 4.78 is 38.2. The number of carbonyl (C=O) groups is 2. The molecule has 2 N–H and O–H groups in total. The van der Waals surface area contributed by atoms with Crippen LogP contribution in [0.2, 0.25) is 0 Å². The average Bonchev–Trinajstić information content (AvgIpc) is 2.91. The van der Waals surface area contributed by atoms with Gasteiger partial charge in [0.2, 0.25) is 11.8 Å². The number of hydrogen-bond donors (Lipinski definition) is 2. The van der Waals surface area contributed by atoms with Crippen LogP contribution in [0.15, 0.2) is 34.5 Å². The second-order valence-corrected chi connectivity index (χ2v) is 7.96. The Labute approximate surface area is 165 Å². The molecule has 2 amide bonds. The van der Waals surface area contributed by atoms with Gasteiger partial charge >= 0.3 is 6.18 Å². The molecule has 0 aromatic heterocycles. The summed E-state index contributed by atoms with van der Waals surface area (Å²) >= 11 is 1.07. The maximum atomic E-state index is 12.7. The summed E-state index contributed by atoms with van der Waals surface area (Å²) in [5.41, 5.74) is -0.0172. The van der Waals surface area contributed by atoms with E-state index in [1.54, 1.807) is 0 Å². The van der Waals surface area contributed by atoms with Crippen molar-refractivity contribution in [2.24, 2.45) is 16.1 Å². The summed E-state index contributed by atoms with van der Waals surface area (Å²) in [7, 11) is 0. The van der Waals surface area contributed by atoms with Crippen LogP contribution in [0.4, 0.5) is 18.9 Å². The van der Waals surface area contributed by atoms with Crippen LogP contribution in [0.5, 0.6) is 0 Å². The lowest BCUT2D eigenvalue weighted by atomic mass is 10.1. The van der Waals surface area contributed by atoms with Gasteiger partial charge in [0.15, 0.2) is 5.17 Å². The molecule has 1 aromatic rings. The molecule has 1 heterocycles. The van der Waals surface area contributed by atoms with Crippen molar-refractivity contribution in [1.29, 1.82) is 0 Å². The van der Waals surface area contributed by atoms with Crippen molar-refractivity contribution >= 4 is 40.1 Å². The Balaban J connectivity index is 1.95. The minimum absolute atomic E-state index is 0.0195. The molecular weight excluding hydrogens is 393 g/mol. The molecule has 1 aliphatic rings. The van der Waals surface area contributed by atoms with Gasteiger partial charge in [0.25, 0.3) is 0 Å². The van der Waals surface area contributed by atoms with Gasteiger partial charge in [-0.15, -0.1) is 5.10 Å². The van der Waals surface area contributed by atoms with Crippen LogP contribution in [0.3, 0.4) is 0 Å². The molecule has 0 saturated carbocycles. The van der Waals surface area contributed by atoms with Gasteiger partial charge in [0.05, 0.1) is 5.56 Å². The first-order valence-electron chi connectivity index (χ1n) is 8.60. The van der Waals surface area contributed by atoms with E-state index in [1.807, 2.05) is 6.92 Å². The number of rotatable bonds is 6. The molecule has 1 aromatic carbocycles. The first-order chi connectivity index (χ1) is 13.0. The number of halogens is 3. The molecule has 1 fully saturated rings. The predicted octanol–water partition coefficient (Wildman–Crippen LogP) is 4.04. The average molecular weight is 414 g/mol. The van der Waals surface area contributed by atoms with E-state index < -0.39 is 22.9 Å². The molecule has 28 heavy (non-hydrogen) atoms. The Morgan fingerprint density at radius 2 is 2.07 bits per heavy atom. The van der Waals surface area contributed by atoms with Crippen LogP contribution in [0, 0.1) is 5.92 Å². The maximum Gasteiger partial charge on any atom is 0.416 e. The first kappa shape index (κ1) is 21.9. The molecule has 1 aliphatic heterocycles. The largest absolute Gasteiger partial charge is 0.416 e. The lowest BCUT2D eigenvalue weighted by Crippen LogP contribution is -2.28. The van der Waals surface area contributed by atoms with E-state index in [9.17, 15) is 22.8 Å². The Morgan fingerprint density at radius 3 is 2.71 bits per heavy atom. The number of carbonyl (C=O) groups excluding carboxylic acids is 2. The van der Waals surface area contributed by atoms with E-state index in [0.29, 0.717) is 11.1 Å². The number of benzene rings is 1. The number of amides is 2. The normalized spacial score (nSPS) is 19.2. The summed E-state index contributed by atoms with van der Waals surface area (Å²) in [6.07, 6.45) is -3.92. The second-order valence-electron chi connectivity index (χ2n) is 6.77. The van der Waals surface area contributed by atoms with Gasteiger partial charge in [0, 0.05) is 17.8 Å². The highest BCUT2D eigenvalue weighted by Crippen LogP contribution is 2.31. The molecule has 0 spiro atoms. The summed E-state index contributed by atoms with van der Waals surface area (Å²) in [5, 5.41) is 12.6. The Kier molecular flexibility index (Phi) is 7.22. The molecule has 152 valence electrons. The molecule has 0 radical (unpaired) electrons. The van der Waals surface area contributed by atoms with Crippen molar-refractivity contribution in [3.63, 3.8) is 0 Å². The van der Waals surface area contributed by atoms with Gasteiger partial charge in [-0.2, -0.15) is 18.3 Å². The number of nitrogens with one attached hydrogen (secondary N) is 2. The Bertz CT molecular complexity index is 806. The smallest absolute Gasteiger partial charge is 0.326 e. The van der Waals surface area contributed by atoms with Crippen molar-refractivity contribution in [3.05, 3.63) is 29.8 Å². The highest BCUT2D eigenvalue weighted by atomic mass is 32.2. The third-order valence-corrected chi connectivity index (χ3v) is 4.71. The van der Waals surface area contributed by atoms with E-state index in [2.05, 4.69) is 34.7 Å². The van der Waals surface area contributed by atoms with E-state index >= 15 is 0 Å². The van der Waals surface area contributed by atoms with Crippen molar-refractivity contribution < 1.29 is 22.8 Å². The minimum Gasteiger partial charge on any atom is -0.326 e. The lowest BCUT2D eigenvalue weighted by molar-refractivity contribution is -0.137. The summed E-state index contributed by atoms with van der Waals surface area (Å²) in [6, 6.07) is 4.32. The molecule has 0 unspecified atom stereocenters. The topological polar surface area (TPSA) is 82.9 Å². The van der Waals surface area contributed by atoms with Crippen molar-refractivity contribution in [3.8, 4) is 0 Å². The zero-order valence-corrected chi connectivity index (χ0v) is 16.4. The number of hydrogen-bond acceptors (Lipinski definition) is 5. The van der Waals surface area contributed by atoms with Crippen LogP contribution in [0.25, 0.3) is 0 Å². The highest BCUT2D eigenvalue weighted by molar-refractivity contribution is 8.15. The van der Waals surface area contributed by atoms with Crippen molar-refractivity contribution in [2.45, 2.75) is 45.0 Å². The summed E-state index contributed by atoms with van der Waals surface area (Å²) in [5.74, 6) is -0.519. The molecule has 0 bridgehead atoms. The molecule has 2 rings (SSSR count). The van der Waals surface area contributed by atoms with E-state index in [1.165, 1.54) is 12.1 Å². The molecule has 1 saturated heterocycles. The fraction of sp³-hybridized carbons (Fsp3) is 0.444. The van der Waals surface area contributed by atoms with Gasteiger partial charge in [0.1, 0.15) is 5.25 Å². The Hall–Kier alpha value is -2.36. The maximum absolute atomic E-state index is 12.7. The zero-order chi connectivity index (χ0) is 20.9. The van der Waals surface area contributed by atoms with Crippen molar-refractivity contribution in [2.75, 3.05) is 5.32 Å². The zero-order valence-electron chi connectivity index (χ0n) is 15.6. The number of anilines is 1. The molecule has 1 atom stereocenters. The van der Waals surface area contributed by atoms with Gasteiger partial charge < -0.3 is 10.6 Å². The van der Waals surface area contributed by atoms with Gasteiger partial charge in [-0.1, -0.05) is 31.7 Å². The SMILES string of the molecule is C/C(CC(C)C)=N/N=C1\NC(=O)[C@@H](CC(=O)Nc2cccc(C(F)(F)F)c2)S1. The van der Waals surface area contributed by atoms with Gasteiger partial charge in [-0.25, -0.2) is 0 Å². The fourth-order valence-electron chi connectivity index (χ4n) is 2.50. The molecule has 0 aliphatic carbocycles. The van der Waals surface area contributed by atoms with Crippen LogP contribution in [-0.2, 0) is 15.8 Å². The fourth-order valence-corrected chi connectivity index (χ4v) is 3.42. The Morgan fingerprint density at radius 1 is 1.36 bits per heavy atom. The van der Waals surface area contributed by atoms with Gasteiger partial charge in [-0.3, -0.25) is 9.59 Å². The monoisotopic (exact) mass is 414 g/mol. The summed E-state index contributed by atoms with van der Waals surface area (Å²) in [4.78, 5) is 24.1. The standard InChI is InChI=1S/C18H21F3N4O2S/c1-10(2)7-11(3)24-25-17-23-16(27)14(28-17)9-15(26)22-13-6-4-5-12(8-13)18(19,20)21/h4-6,8,10,14H,7,9H2,1-3H3,(H,22,26)(H,23,25,27)/b24-11-/t14-/m1/s1. The number of alkyl halides is 3. The molecule has 6 nitrogen and oxygen atoms in total. The number of nitrogens with zero attached hydrogens (tertiary/aromatic N) is 2. The van der Waals surface area contributed by atoms with Gasteiger partial charge in [-0.05, 0) is 37.5 Å². The number of amidine groups is 1. The summed E-state index contributed by atoms with van der Waals surface area (Å²) in [6.45, 7) is 5.94. The predicted molar refractivity (Wildman–Crippen MR) is 104 cm³/mol. The van der Waals surface area contributed by atoms with Crippen LogP contribution >= 0.6 is 11.8 Å². The molecular formula is C18H21F3N4O2S. The van der Waals surface area contributed by atoms with Crippen LogP contribution < -0.4 is 10.6 Å². The van der Waals surface area contributed by atoms with E-state index in [-0.39, 0.29) is 18.0 Å². The van der Waals surface area contributed by atoms with E-state index in [4.69, 9.17) is 0 Å². The van der Waals surface area contributed by atoms with E-state index in [0.717, 1.165) is 36.0 Å². The lowest BCUT2D eigenvalue weighted by Gasteiger charge is -2.10. The van der Waals surface area contributed by atoms with Crippen molar-refractivity contribution in [1.82, 2.24) is 5.32 Å². The third kappa shape index (κ3) is 6.66. The van der Waals surface area contributed by atoms with Crippen LogP contribution in [-0.4, -0.2) is 27.9 Å². The third-order valence-electron chi connectivity index (χ3n) is 3.64. The minimum atomic E-state index is -4.50.